The molecule has 114 valence electrons. The molecule has 0 aliphatic rings. The van der Waals surface area contributed by atoms with Crippen LogP contribution >= 0.6 is 0 Å². The second-order valence-corrected chi connectivity index (χ2v) is 5.45. The molecule has 0 heterocycles. The van der Waals surface area contributed by atoms with E-state index in [-0.39, 0.29) is 6.10 Å². The van der Waals surface area contributed by atoms with Crippen LogP contribution in [0.15, 0.2) is 24.3 Å². The summed E-state index contributed by atoms with van der Waals surface area (Å²) >= 11 is 0. The van der Waals surface area contributed by atoms with Gasteiger partial charge in [0.15, 0.2) is 0 Å². The summed E-state index contributed by atoms with van der Waals surface area (Å²) in [6.45, 7) is 9.04. The summed E-state index contributed by atoms with van der Waals surface area (Å²) in [5.74, 6) is 0. The maximum absolute atomic E-state index is 10.4. The highest BCUT2D eigenvalue weighted by atomic mass is 16.5. The lowest BCUT2D eigenvalue weighted by Gasteiger charge is -2.29. The molecule has 0 bridgehead atoms. The monoisotopic (exact) mass is 279 g/mol. The molecule has 0 aliphatic heterocycles. The molecule has 2 atom stereocenters. The van der Waals surface area contributed by atoms with Gasteiger partial charge in [0.2, 0.25) is 0 Å². The van der Waals surface area contributed by atoms with Crippen molar-refractivity contribution in [3.8, 4) is 0 Å². The van der Waals surface area contributed by atoms with Crippen LogP contribution in [0.1, 0.15) is 43.9 Å². The number of ether oxygens (including phenoxy) is 1. The molecule has 2 unspecified atom stereocenters. The predicted molar refractivity (Wildman–Crippen MR) is 84.0 cm³/mol. The number of aliphatic hydroxyl groups is 1. The summed E-state index contributed by atoms with van der Waals surface area (Å²) in [6, 6.07) is 8.59. The molecule has 0 spiro atoms. The summed E-state index contributed by atoms with van der Waals surface area (Å²) in [5.41, 5.74) is 2.20. The van der Waals surface area contributed by atoms with Crippen LogP contribution in [0.5, 0.6) is 0 Å². The predicted octanol–water partition coefficient (Wildman–Crippen LogP) is 3.17. The van der Waals surface area contributed by atoms with Crippen molar-refractivity contribution in [3.63, 3.8) is 0 Å². The second-order valence-electron chi connectivity index (χ2n) is 5.45. The van der Waals surface area contributed by atoms with Gasteiger partial charge in [-0.05, 0) is 37.8 Å². The summed E-state index contributed by atoms with van der Waals surface area (Å²) in [5, 5.41) is 10.4. The fraction of sp³-hybridized carbons (Fsp3) is 0.647. The minimum Gasteiger partial charge on any atom is -0.388 e. The fourth-order valence-corrected chi connectivity index (χ4v) is 2.42. The number of aryl methyl sites for hydroxylation is 1. The molecule has 1 aromatic rings. The van der Waals surface area contributed by atoms with Crippen LogP contribution in [0, 0.1) is 6.92 Å². The summed E-state index contributed by atoms with van der Waals surface area (Å²) < 4.78 is 5.17. The quantitative estimate of drug-likeness (QED) is 0.753. The Balaban J connectivity index is 2.55. The van der Waals surface area contributed by atoms with E-state index < -0.39 is 0 Å². The fourth-order valence-electron chi connectivity index (χ4n) is 2.42. The molecule has 1 rings (SSSR count). The number of methoxy groups -OCH3 is 1. The van der Waals surface area contributed by atoms with Gasteiger partial charge >= 0.3 is 0 Å². The molecule has 0 saturated carbocycles. The first-order valence-electron chi connectivity index (χ1n) is 7.56. The Kier molecular flexibility index (Phi) is 7.82. The minimum absolute atomic E-state index is 0.384. The zero-order valence-corrected chi connectivity index (χ0v) is 13.3. The SMILES string of the molecule is CCC(C)N(CCOC)CCC(O)c1ccccc1C. The third-order valence-corrected chi connectivity index (χ3v) is 4.03. The van der Waals surface area contributed by atoms with E-state index in [0.717, 1.165) is 43.7 Å². The summed E-state index contributed by atoms with van der Waals surface area (Å²) in [4.78, 5) is 2.39. The maximum Gasteiger partial charge on any atom is 0.0804 e. The van der Waals surface area contributed by atoms with Crippen molar-refractivity contribution in [2.45, 2.75) is 45.8 Å². The first-order valence-corrected chi connectivity index (χ1v) is 7.56. The number of rotatable bonds is 9. The highest BCUT2D eigenvalue weighted by molar-refractivity contribution is 5.27. The molecule has 3 heteroatoms. The average molecular weight is 279 g/mol. The molecule has 0 aromatic heterocycles. The molecule has 20 heavy (non-hydrogen) atoms. The molecule has 1 N–H and O–H groups in total. The number of nitrogens with zero attached hydrogens (tertiary/aromatic N) is 1. The largest absolute Gasteiger partial charge is 0.388 e. The van der Waals surface area contributed by atoms with Crippen LogP contribution in [-0.2, 0) is 4.74 Å². The highest BCUT2D eigenvalue weighted by Crippen LogP contribution is 2.21. The summed E-state index contributed by atoms with van der Waals surface area (Å²) in [6.07, 6.45) is 1.49. The highest BCUT2D eigenvalue weighted by Gasteiger charge is 2.15. The minimum atomic E-state index is -0.384. The first kappa shape index (κ1) is 17.2. The van der Waals surface area contributed by atoms with Crippen molar-refractivity contribution in [2.75, 3.05) is 26.8 Å². The Labute approximate surface area is 123 Å². The van der Waals surface area contributed by atoms with E-state index in [1.165, 1.54) is 0 Å². The lowest BCUT2D eigenvalue weighted by molar-refractivity contribution is 0.0964. The Morgan fingerprint density at radius 3 is 2.55 bits per heavy atom. The van der Waals surface area contributed by atoms with Crippen LogP contribution < -0.4 is 0 Å². The first-order chi connectivity index (χ1) is 9.60. The van der Waals surface area contributed by atoms with Gasteiger partial charge in [0.1, 0.15) is 0 Å². The van der Waals surface area contributed by atoms with E-state index in [0.29, 0.717) is 6.04 Å². The van der Waals surface area contributed by atoms with Crippen molar-refractivity contribution in [1.82, 2.24) is 4.90 Å². The van der Waals surface area contributed by atoms with Crippen LogP contribution in [0.2, 0.25) is 0 Å². The Hall–Kier alpha value is -0.900. The topological polar surface area (TPSA) is 32.7 Å². The smallest absolute Gasteiger partial charge is 0.0804 e. The molecule has 1 aromatic carbocycles. The van der Waals surface area contributed by atoms with Gasteiger partial charge in [-0.1, -0.05) is 31.2 Å². The van der Waals surface area contributed by atoms with Gasteiger partial charge in [-0.15, -0.1) is 0 Å². The van der Waals surface area contributed by atoms with Gasteiger partial charge in [0.25, 0.3) is 0 Å². The number of hydrogen-bond donors (Lipinski definition) is 1. The lowest BCUT2D eigenvalue weighted by Crippen LogP contribution is -2.36. The van der Waals surface area contributed by atoms with Crippen molar-refractivity contribution in [3.05, 3.63) is 35.4 Å². The molecule has 0 radical (unpaired) electrons. The van der Waals surface area contributed by atoms with E-state index in [1.54, 1.807) is 7.11 Å². The molecule has 0 fully saturated rings. The Morgan fingerprint density at radius 2 is 1.95 bits per heavy atom. The normalized spacial score (nSPS) is 14.5. The van der Waals surface area contributed by atoms with Gasteiger partial charge in [0.05, 0.1) is 12.7 Å². The molecule has 0 amide bonds. The van der Waals surface area contributed by atoms with Gasteiger partial charge in [-0.25, -0.2) is 0 Å². The zero-order valence-electron chi connectivity index (χ0n) is 13.3. The van der Waals surface area contributed by atoms with Gasteiger partial charge in [-0.2, -0.15) is 0 Å². The molecule has 3 nitrogen and oxygen atoms in total. The van der Waals surface area contributed by atoms with Crippen LogP contribution in [0.25, 0.3) is 0 Å². The van der Waals surface area contributed by atoms with Gasteiger partial charge < -0.3 is 9.84 Å². The van der Waals surface area contributed by atoms with Crippen molar-refractivity contribution in [1.29, 1.82) is 0 Å². The molecule has 0 saturated heterocycles. The van der Waals surface area contributed by atoms with Crippen LogP contribution in [0.3, 0.4) is 0 Å². The van der Waals surface area contributed by atoms with E-state index in [1.807, 2.05) is 18.2 Å². The van der Waals surface area contributed by atoms with Gasteiger partial charge in [-0.3, -0.25) is 4.90 Å². The number of benzene rings is 1. The second kappa shape index (κ2) is 9.11. The molecular weight excluding hydrogens is 250 g/mol. The Morgan fingerprint density at radius 1 is 1.25 bits per heavy atom. The summed E-state index contributed by atoms with van der Waals surface area (Å²) in [7, 11) is 1.73. The molecular formula is C17H29NO2. The average Bonchev–Trinajstić information content (AvgIpc) is 2.46. The van der Waals surface area contributed by atoms with Crippen molar-refractivity contribution >= 4 is 0 Å². The zero-order chi connectivity index (χ0) is 15.0. The maximum atomic E-state index is 10.4. The lowest BCUT2D eigenvalue weighted by atomic mass is 10.0. The van der Waals surface area contributed by atoms with Gasteiger partial charge in [0, 0.05) is 26.2 Å². The van der Waals surface area contributed by atoms with E-state index >= 15 is 0 Å². The number of hydrogen-bond acceptors (Lipinski definition) is 3. The van der Waals surface area contributed by atoms with Crippen LogP contribution in [0.4, 0.5) is 0 Å². The van der Waals surface area contributed by atoms with E-state index in [9.17, 15) is 5.11 Å². The van der Waals surface area contributed by atoms with Crippen LogP contribution in [-0.4, -0.2) is 42.9 Å². The van der Waals surface area contributed by atoms with Crippen molar-refractivity contribution < 1.29 is 9.84 Å². The third-order valence-electron chi connectivity index (χ3n) is 4.03. The van der Waals surface area contributed by atoms with E-state index in [2.05, 4.69) is 31.7 Å². The molecule has 0 aliphatic carbocycles. The van der Waals surface area contributed by atoms with Crippen molar-refractivity contribution in [2.24, 2.45) is 0 Å². The number of aliphatic hydroxyl groups excluding tert-OH is 1. The standard InChI is InChI=1S/C17H29NO2/c1-5-15(3)18(12-13-20-4)11-10-17(19)16-9-7-6-8-14(16)2/h6-9,15,17,19H,5,10-13H2,1-4H3. The third kappa shape index (κ3) is 5.23. The van der Waals surface area contributed by atoms with E-state index in [4.69, 9.17) is 4.74 Å². The Bertz CT molecular complexity index is 381.